The van der Waals surface area contributed by atoms with E-state index in [2.05, 4.69) is 0 Å². The first-order valence-corrected chi connectivity index (χ1v) is 5.55. The van der Waals surface area contributed by atoms with Gasteiger partial charge in [0.15, 0.2) is 5.79 Å². The highest BCUT2D eigenvalue weighted by atomic mass is 16.7. The van der Waals surface area contributed by atoms with Gasteiger partial charge in [-0.3, -0.25) is 0 Å². The maximum Gasteiger partial charge on any atom is 0.162 e. The number of hydrogen-bond donors (Lipinski definition) is 1. The van der Waals surface area contributed by atoms with Crippen molar-refractivity contribution in [2.24, 2.45) is 11.1 Å². The van der Waals surface area contributed by atoms with Crippen molar-refractivity contribution in [2.45, 2.75) is 51.4 Å². The van der Waals surface area contributed by atoms with Gasteiger partial charge in [0, 0.05) is 11.5 Å². The van der Waals surface area contributed by atoms with Crippen LogP contribution in [0.15, 0.2) is 0 Å². The average Bonchev–Trinajstić information content (AvgIpc) is 2.16. The van der Waals surface area contributed by atoms with E-state index in [1.807, 2.05) is 13.8 Å². The highest BCUT2D eigenvalue weighted by Gasteiger charge is 2.41. The SMILES string of the molecule is CC1(C)OCC2(CCC(N)CC2)CO1. The molecule has 14 heavy (non-hydrogen) atoms. The van der Waals surface area contributed by atoms with E-state index in [1.165, 1.54) is 0 Å². The molecule has 82 valence electrons. The summed E-state index contributed by atoms with van der Waals surface area (Å²) in [7, 11) is 0. The van der Waals surface area contributed by atoms with Crippen molar-refractivity contribution in [1.29, 1.82) is 0 Å². The molecule has 1 saturated heterocycles. The van der Waals surface area contributed by atoms with Crippen LogP contribution in [0, 0.1) is 5.41 Å². The Hall–Kier alpha value is -0.120. The molecule has 0 unspecified atom stereocenters. The summed E-state index contributed by atoms with van der Waals surface area (Å²) in [6, 6.07) is 0.399. The fraction of sp³-hybridized carbons (Fsp3) is 1.00. The second-order valence-electron chi connectivity index (χ2n) is 5.31. The van der Waals surface area contributed by atoms with E-state index in [0.717, 1.165) is 38.9 Å². The van der Waals surface area contributed by atoms with Crippen LogP contribution in [-0.2, 0) is 9.47 Å². The Bertz CT molecular complexity index is 195. The van der Waals surface area contributed by atoms with Gasteiger partial charge >= 0.3 is 0 Å². The van der Waals surface area contributed by atoms with E-state index in [-0.39, 0.29) is 11.2 Å². The zero-order valence-corrected chi connectivity index (χ0v) is 9.21. The summed E-state index contributed by atoms with van der Waals surface area (Å²) < 4.78 is 11.5. The third-order valence-electron chi connectivity index (χ3n) is 3.54. The van der Waals surface area contributed by atoms with Crippen molar-refractivity contribution >= 4 is 0 Å². The molecular weight excluding hydrogens is 178 g/mol. The molecule has 2 N–H and O–H groups in total. The van der Waals surface area contributed by atoms with Gasteiger partial charge in [0.1, 0.15) is 0 Å². The van der Waals surface area contributed by atoms with Gasteiger partial charge in [0.2, 0.25) is 0 Å². The lowest BCUT2D eigenvalue weighted by atomic mass is 9.73. The molecule has 1 aliphatic carbocycles. The maximum atomic E-state index is 5.90. The molecule has 0 aromatic rings. The fourth-order valence-electron chi connectivity index (χ4n) is 2.28. The van der Waals surface area contributed by atoms with Crippen LogP contribution in [0.2, 0.25) is 0 Å². The molecule has 0 amide bonds. The number of ether oxygens (including phenoxy) is 2. The van der Waals surface area contributed by atoms with Crippen molar-refractivity contribution in [3.63, 3.8) is 0 Å². The predicted molar refractivity (Wildman–Crippen MR) is 54.9 cm³/mol. The molecule has 0 bridgehead atoms. The largest absolute Gasteiger partial charge is 0.350 e. The number of hydrogen-bond acceptors (Lipinski definition) is 3. The van der Waals surface area contributed by atoms with Crippen molar-refractivity contribution in [1.82, 2.24) is 0 Å². The molecule has 3 heteroatoms. The van der Waals surface area contributed by atoms with Crippen molar-refractivity contribution < 1.29 is 9.47 Å². The molecule has 2 rings (SSSR count). The fourth-order valence-corrected chi connectivity index (χ4v) is 2.28. The van der Waals surface area contributed by atoms with Crippen LogP contribution in [0.5, 0.6) is 0 Å². The lowest BCUT2D eigenvalue weighted by Gasteiger charge is -2.46. The van der Waals surface area contributed by atoms with Gasteiger partial charge in [-0.2, -0.15) is 0 Å². The van der Waals surface area contributed by atoms with E-state index in [4.69, 9.17) is 15.2 Å². The first kappa shape index (κ1) is 10.4. The Balaban J connectivity index is 1.93. The van der Waals surface area contributed by atoms with Crippen LogP contribution in [0.4, 0.5) is 0 Å². The van der Waals surface area contributed by atoms with Gasteiger partial charge in [-0.1, -0.05) is 0 Å². The number of rotatable bonds is 0. The predicted octanol–water partition coefficient (Wildman–Crippen LogP) is 1.66. The van der Waals surface area contributed by atoms with E-state index >= 15 is 0 Å². The molecule has 3 nitrogen and oxygen atoms in total. The molecule has 0 atom stereocenters. The van der Waals surface area contributed by atoms with Gasteiger partial charge in [-0.05, 0) is 39.5 Å². The first-order chi connectivity index (χ1) is 6.52. The summed E-state index contributed by atoms with van der Waals surface area (Å²) in [4.78, 5) is 0. The van der Waals surface area contributed by atoms with E-state index in [9.17, 15) is 0 Å². The van der Waals surface area contributed by atoms with E-state index in [1.54, 1.807) is 0 Å². The van der Waals surface area contributed by atoms with Crippen LogP contribution in [0.3, 0.4) is 0 Å². The first-order valence-electron chi connectivity index (χ1n) is 5.55. The monoisotopic (exact) mass is 199 g/mol. The molecule has 1 aliphatic heterocycles. The lowest BCUT2D eigenvalue weighted by molar-refractivity contribution is -0.290. The summed E-state index contributed by atoms with van der Waals surface area (Å²) in [5, 5.41) is 0. The van der Waals surface area contributed by atoms with Gasteiger partial charge in [0.25, 0.3) is 0 Å². The Morgan fingerprint density at radius 2 is 1.57 bits per heavy atom. The minimum Gasteiger partial charge on any atom is -0.350 e. The summed E-state index contributed by atoms with van der Waals surface area (Å²) in [6.07, 6.45) is 4.55. The van der Waals surface area contributed by atoms with Crippen molar-refractivity contribution in [3.8, 4) is 0 Å². The molecule has 2 aliphatic rings. The Morgan fingerprint density at radius 1 is 1.07 bits per heavy atom. The van der Waals surface area contributed by atoms with Gasteiger partial charge in [-0.25, -0.2) is 0 Å². The molecule has 1 saturated carbocycles. The Labute approximate surface area is 85.9 Å². The second-order valence-corrected chi connectivity index (χ2v) is 5.31. The smallest absolute Gasteiger partial charge is 0.162 e. The van der Waals surface area contributed by atoms with Crippen LogP contribution < -0.4 is 5.73 Å². The highest BCUT2D eigenvalue weighted by molar-refractivity contribution is 4.89. The summed E-state index contributed by atoms with van der Waals surface area (Å²) in [5.74, 6) is -0.384. The van der Waals surface area contributed by atoms with Gasteiger partial charge in [0.05, 0.1) is 13.2 Å². The van der Waals surface area contributed by atoms with Crippen molar-refractivity contribution in [3.05, 3.63) is 0 Å². The topological polar surface area (TPSA) is 44.5 Å². The standard InChI is InChI=1S/C11H21NO2/c1-10(2)13-7-11(8-14-10)5-3-9(12)4-6-11/h9H,3-8,12H2,1-2H3. The normalized spacial score (nSPS) is 31.9. The average molecular weight is 199 g/mol. The van der Waals surface area contributed by atoms with Gasteiger partial charge < -0.3 is 15.2 Å². The summed E-state index contributed by atoms with van der Waals surface area (Å²) >= 11 is 0. The third-order valence-corrected chi connectivity index (χ3v) is 3.54. The minimum atomic E-state index is -0.384. The zero-order chi connectivity index (χ0) is 10.2. The van der Waals surface area contributed by atoms with E-state index in [0.29, 0.717) is 6.04 Å². The number of nitrogens with two attached hydrogens (primary N) is 1. The molecule has 0 aromatic heterocycles. The van der Waals surface area contributed by atoms with Crippen LogP contribution in [-0.4, -0.2) is 25.0 Å². The maximum absolute atomic E-state index is 5.90. The minimum absolute atomic E-state index is 0.269. The highest BCUT2D eigenvalue weighted by Crippen LogP contribution is 2.41. The van der Waals surface area contributed by atoms with E-state index < -0.39 is 0 Å². The lowest BCUT2D eigenvalue weighted by Crippen LogP contribution is -2.49. The van der Waals surface area contributed by atoms with Crippen LogP contribution >= 0.6 is 0 Å². The Kier molecular flexibility index (Phi) is 2.58. The van der Waals surface area contributed by atoms with Crippen molar-refractivity contribution in [2.75, 3.05) is 13.2 Å². The molecule has 1 heterocycles. The second kappa shape index (κ2) is 3.47. The zero-order valence-electron chi connectivity index (χ0n) is 9.21. The third kappa shape index (κ3) is 2.10. The Morgan fingerprint density at radius 3 is 2.07 bits per heavy atom. The van der Waals surface area contributed by atoms with Gasteiger partial charge in [-0.15, -0.1) is 0 Å². The molecule has 2 fully saturated rings. The van der Waals surface area contributed by atoms with Crippen LogP contribution in [0.25, 0.3) is 0 Å². The summed E-state index contributed by atoms with van der Waals surface area (Å²) in [6.45, 7) is 5.64. The summed E-state index contributed by atoms with van der Waals surface area (Å²) in [5.41, 5.74) is 6.17. The molecule has 0 radical (unpaired) electrons. The molecule has 0 aromatic carbocycles. The molecule has 1 spiro atoms. The molecular formula is C11H21NO2. The van der Waals surface area contributed by atoms with Crippen LogP contribution in [0.1, 0.15) is 39.5 Å². The quantitative estimate of drug-likeness (QED) is 0.645.